The van der Waals surface area contributed by atoms with Crippen LogP contribution in [0.3, 0.4) is 0 Å². The molecule has 0 bridgehead atoms. The molecule has 1 unspecified atom stereocenters. The molecule has 3 heterocycles. The van der Waals surface area contributed by atoms with Gasteiger partial charge in [-0.15, -0.1) is 0 Å². The van der Waals surface area contributed by atoms with Gasteiger partial charge < -0.3 is 28.6 Å². The predicted molar refractivity (Wildman–Crippen MR) is 242 cm³/mol. The van der Waals surface area contributed by atoms with E-state index in [9.17, 15) is 28.6 Å². The van der Waals surface area contributed by atoms with E-state index in [1.807, 2.05) is 0 Å². The minimum absolute atomic E-state index is 0.161. The summed E-state index contributed by atoms with van der Waals surface area (Å²) in [4.78, 5) is 62.7. The summed E-state index contributed by atoms with van der Waals surface area (Å²) < 4.78 is 54.0. The van der Waals surface area contributed by atoms with Crippen LogP contribution in [0.5, 0.6) is 0 Å². The Morgan fingerprint density at radius 3 is 1.65 bits per heavy atom. The first-order valence-electron chi connectivity index (χ1n) is 24.6. The molecule has 3 rings (SSSR count). The minimum atomic E-state index is -4.79. The molecule has 1 aromatic rings. The van der Waals surface area contributed by atoms with Gasteiger partial charge in [0.25, 0.3) is 5.56 Å². The highest BCUT2D eigenvalue weighted by Crippen LogP contribution is 2.47. The summed E-state index contributed by atoms with van der Waals surface area (Å²) in [5.41, 5.74) is -1.31. The molecule has 2 N–H and O–H groups in total. The van der Waals surface area contributed by atoms with Crippen molar-refractivity contribution in [1.29, 1.82) is 0 Å². The van der Waals surface area contributed by atoms with Gasteiger partial charge >= 0.3 is 25.5 Å². The fourth-order valence-electron chi connectivity index (χ4n) is 8.22. The van der Waals surface area contributed by atoms with Crippen molar-refractivity contribution in [2.24, 2.45) is 0 Å². The number of unbranched alkanes of at least 4 members (excludes halogenated alkanes) is 24. The second-order valence-electron chi connectivity index (χ2n) is 18.0. The summed E-state index contributed by atoms with van der Waals surface area (Å²) in [5, 5.41) is 0. The number of aromatic nitrogens is 2. The molecule has 0 spiro atoms. The van der Waals surface area contributed by atoms with Crippen molar-refractivity contribution in [3.8, 4) is 0 Å². The lowest BCUT2D eigenvalue weighted by molar-refractivity contribution is -0.200. The number of fused-ring (bicyclic) bond motifs is 1. The van der Waals surface area contributed by atoms with Crippen LogP contribution >= 0.6 is 7.82 Å². The molecular weight excluding hydrogens is 831 g/mol. The van der Waals surface area contributed by atoms with Crippen LogP contribution in [-0.2, 0) is 46.9 Å². The Morgan fingerprint density at radius 2 is 1.16 bits per heavy atom. The Kier molecular flexibility index (Phi) is 27.5. The van der Waals surface area contributed by atoms with Crippen molar-refractivity contribution in [2.75, 3.05) is 19.8 Å². The number of esters is 2. The smallest absolute Gasteiger partial charge is 0.462 e. The largest absolute Gasteiger partial charge is 0.472 e. The highest BCUT2D eigenvalue weighted by molar-refractivity contribution is 7.47. The average molecular weight is 915 g/mol. The Hall–Kier alpha value is -2.39. The predicted octanol–water partition coefficient (Wildman–Crippen LogP) is 10.5. The quantitative estimate of drug-likeness (QED) is 0.0362. The third-order valence-electron chi connectivity index (χ3n) is 11.8. The van der Waals surface area contributed by atoms with E-state index in [2.05, 4.69) is 18.8 Å². The maximum Gasteiger partial charge on any atom is 0.472 e. The van der Waals surface area contributed by atoms with Gasteiger partial charge in [0, 0.05) is 25.1 Å². The number of nitrogens with one attached hydrogen (secondary N) is 1. The molecule has 2 saturated heterocycles. The topological polar surface area (TPSA) is 191 Å². The van der Waals surface area contributed by atoms with Crippen LogP contribution in [0.1, 0.15) is 214 Å². The van der Waals surface area contributed by atoms with Crippen LogP contribution in [0.4, 0.5) is 0 Å². The van der Waals surface area contributed by atoms with Crippen molar-refractivity contribution >= 4 is 19.8 Å². The number of hydrogen-bond acceptors (Lipinski definition) is 12. The molecule has 2 aliphatic heterocycles. The lowest BCUT2D eigenvalue weighted by Crippen LogP contribution is -2.37. The Morgan fingerprint density at radius 1 is 0.698 bits per heavy atom. The molecule has 2 fully saturated rings. The highest BCUT2D eigenvalue weighted by Gasteiger charge is 2.56. The fraction of sp³-hybridized carbons (Fsp3) is 0.872. The van der Waals surface area contributed by atoms with Gasteiger partial charge in [-0.2, -0.15) is 0 Å². The van der Waals surface area contributed by atoms with E-state index >= 15 is 0 Å². The first-order valence-corrected chi connectivity index (χ1v) is 26.1. The average Bonchev–Trinajstić information content (AvgIpc) is 3.73. The standard InChI is InChI=1S/C47H83N2O13P/c1-5-7-9-11-13-15-17-19-21-23-25-27-29-31-41(51)56-35-38(59-42(52)32-30-28-26-24-22-20-18-16-14-12-10-8-6-2)36-57-63(54,55)58-37-39-43-44(62-47(3,4)61-43)45(60-39)49-34-33-40(50)48-46(49)53/h33-34,38-39,43-45H,5-32,35-37H2,1-4H3,(H,54,55)(H,48,50,53)/t38-,39+,43+,44+,45+/m0/s1. The number of ether oxygens (including phenoxy) is 5. The number of carbonyl (C=O) groups is 2. The van der Waals surface area contributed by atoms with Gasteiger partial charge in [0.15, 0.2) is 18.1 Å². The number of hydrogen-bond donors (Lipinski definition) is 2. The molecule has 1 aromatic heterocycles. The van der Waals surface area contributed by atoms with E-state index in [4.69, 9.17) is 32.7 Å². The molecule has 0 aliphatic carbocycles. The van der Waals surface area contributed by atoms with E-state index in [-0.39, 0.29) is 19.4 Å². The molecule has 2 aliphatic rings. The third-order valence-corrected chi connectivity index (χ3v) is 12.7. The molecule has 0 saturated carbocycles. The first-order chi connectivity index (χ1) is 30.3. The molecular formula is C47H83N2O13P. The molecule has 0 amide bonds. The number of phosphoric acid groups is 1. The number of H-pyrrole nitrogens is 1. The van der Waals surface area contributed by atoms with Gasteiger partial charge in [0.1, 0.15) is 24.9 Å². The van der Waals surface area contributed by atoms with E-state index in [1.54, 1.807) is 13.8 Å². The molecule has 6 atom stereocenters. The number of carbonyl (C=O) groups excluding carboxylic acids is 2. The molecule has 0 aromatic carbocycles. The van der Waals surface area contributed by atoms with Crippen molar-refractivity contribution in [3.05, 3.63) is 33.1 Å². The zero-order valence-corrected chi connectivity index (χ0v) is 40.1. The second-order valence-corrected chi connectivity index (χ2v) is 19.4. The lowest BCUT2D eigenvalue weighted by Gasteiger charge is -2.25. The third kappa shape index (κ3) is 23.6. The SMILES string of the molecule is CCCCCCCCCCCCCCCC(=O)OC[C@@H](COP(=O)(O)OC[C@H]1O[C@@H](n2ccc(=O)[nH]c2=O)[C@@H]2OC(C)(C)O[C@@H]21)OC(=O)CCCCCCCCCCCCCCC. The van der Waals surface area contributed by atoms with Gasteiger partial charge in [0.05, 0.1) is 13.2 Å². The van der Waals surface area contributed by atoms with E-state index in [0.717, 1.165) is 43.1 Å². The summed E-state index contributed by atoms with van der Waals surface area (Å²) in [6, 6.07) is 1.17. The number of phosphoric ester groups is 1. The molecule has 16 heteroatoms. The van der Waals surface area contributed by atoms with Crippen LogP contribution in [0.2, 0.25) is 0 Å². The number of aromatic amines is 1. The van der Waals surface area contributed by atoms with Gasteiger partial charge in [0.2, 0.25) is 0 Å². The molecule has 0 radical (unpaired) electrons. The zero-order chi connectivity index (χ0) is 45.8. The van der Waals surface area contributed by atoms with E-state index in [0.29, 0.717) is 12.8 Å². The summed E-state index contributed by atoms with van der Waals surface area (Å²) >= 11 is 0. The Bertz CT molecular complexity index is 1570. The lowest BCUT2D eigenvalue weighted by atomic mass is 10.0. The minimum Gasteiger partial charge on any atom is -0.462 e. The summed E-state index contributed by atoms with van der Waals surface area (Å²) in [6.07, 6.45) is 27.7. The summed E-state index contributed by atoms with van der Waals surface area (Å²) in [5.74, 6) is -2.01. The zero-order valence-electron chi connectivity index (χ0n) is 39.2. The Labute approximate surface area is 377 Å². The van der Waals surface area contributed by atoms with Gasteiger partial charge in [-0.3, -0.25) is 33.0 Å². The van der Waals surface area contributed by atoms with Crippen molar-refractivity contribution in [3.63, 3.8) is 0 Å². The van der Waals surface area contributed by atoms with Crippen LogP contribution in [0, 0.1) is 0 Å². The molecule has 15 nitrogen and oxygen atoms in total. The fourth-order valence-corrected chi connectivity index (χ4v) is 8.98. The monoisotopic (exact) mass is 915 g/mol. The van der Waals surface area contributed by atoms with Crippen LogP contribution < -0.4 is 11.2 Å². The van der Waals surface area contributed by atoms with Crippen molar-refractivity contribution in [2.45, 2.75) is 244 Å². The van der Waals surface area contributed by atoms with E-state index in [1.165, 1.54) is 128 Å². The van der Waals surface area contributed by atoms with Gasteiger partial charge in [-0.25, -0.2) is 9.36 Å². The number of rotatable bonds is 38. The summed E-state index contributed by atoms with van der Waals surface area (Å²) in [6.45, 7) is 6.45. The van der Waals surface area contributed by atoms with Crippen LogP contribution in [0.25, 0.3) is 0 Å². The maximum atomic E-state index is 13.2. The van der Waals surface area contributed by atoms with Crippen molar-refractivity contribution in [1.82, 2.24) is 9.55 Å². The van der Waals surface area contributed by atoms with Gasteiger partial charge in [-0.05, 0) is 26.7 Å². The molecule has 364 valence electrons. The first kappa shape index (κ1) is 54.9. The summed E-state index contributed by atoms with van der Waals surface area (Å²) in [7, 11) is -4.79. The highest BCUT2D eigenvalue weighted by atomic mass is 31.2. The van der Waals surface area contributed by atoms with Gasteiger partial charge in [-0.1, -0.05) is 168 Å². The van der Waals surface area contributed by atoms with Crippen LogP contribution in [0.15, 0.2) is 21.9 Å². The maximum absolute atomic E-state index is 13.2. The van der Waals surface area contributed by atoms with Crippen molar-refractivity contribution < 1.29 is 51.8 Å². The Balaban J connectivity index is 1.43. The number of nitrogens with zero attached hydrogens (tertiary/aromatic N) is 1. The second kappa shape index (κ2) is 31.5. The van der Waals surface area contributed by atoms with E-state index < -0.39 is 80.7 Å². The normalized spacial score (nSPS) is 20.7. The molecule has 63 heavy (non-hydrogen) atoms. The van der Waals surface area contributed by atoms with Crippen LogP contribution in [-0.4, -0.2) is 76.4 Å².